The number of esters is 2. The summed E-state index contributed by atoms with van der Waals surface area (Å²) in [5.41, 5.74) is 1.89. The first-order valence-electron chi connectivity index (χ1n) is 11.3. The van der Waals surface area contributed by atoms with Gasteiger partial charge in [-0.15, -0.1) is 0 Å². The molecule has 0 saturated carbocycles. The molecule has 9 nitrogen and oxygen atoms in total. The minimum absolute atomic E-state index is 0.155. The van der Waals surface area contributed by atoms with Crippen molar-refractivity contribution in [2.45, 2.75) is 26.7 Å². The lowest BCUT2D eigenvalue weighted by molar-refractivity contribution is -0.147. The average Bonchev–Trinajstić information content (AvgIpc) is 3.31. The molecule has 3 rings (SSSR count). The van der Waals surface area contributed by atoms with Gasteiger partial charge in [0.25, 0.3) is 0 Å². The molecule has 2 aromatic carbocycles. The molecule has 2 aromatic rings. The summed E-state index contributed by atoms with van der Waals surface area (Å²) in [6, 6.07) is 9.47. The Kier molecular flexibility index (Phi) is 9.05. The van der Waals surface area contributed by atoms with E-state index in [2.05, 4.69) is 0 Å². The highest BCUT2D eigenvalue weighted by Crippen LogP contribution is 2.39. The Labute approximate surface area is 205 Å². The van der Waals surface area contributed by atoms with Crippen molar-refractivity contribution in [3.63, 3.8) is 0 Å². The Morgan fingerprint density at radius 3 is 1.83 bits per heavy atom. The molecule has 1 aliphatic heterocycles. The molecule has 190 valence electrons. The largest absolute Gasteiger partial charge is 0.493 e. The highest BCUT2D eigenvalue weighted by atomic mass is 16.7. The molecule has 0 unspecified atom stereocenters. The van der Waals surface area contributed by atoms with Gasteiger partial charge in [0.2, 0.25) is 12.5 Å². The van der Waals surface area contributed by atoms with Crippen molar-refractivity contribution in [3.8, 4) is 28.7 Å². The predicted octanol–water partition coefficient (Wildman–Crippen LogP) is 3.58. The molecular weight excluding hydrogens is 456 g/mol. The average molecular weight is 489 g/mol. The molecule has 1 aliphatic rings. The van der Waals surface area contributed by atoms with Crippen LogP contribution in [0.1, 0.15) is 25.0 Å². The summed E-state index contributed by atoms with van der Waals surface area (Å²) in [4.78, 5) is 23.3. The van der Waals surface area contributed by atoms with Gasteiger partial charge in [-0.3, -0.25) is 9.59 Å². The Balaban J connectivity index is 1.92. The molecule has 0 radical (unpaired) electrons. The van der Waals surface area contributed by atoms with Crippen molar-refractivity contribution in [2.75, 3.05) is 41.3 Å². The summed E-state index contributed by atoms with van der Waals surface area (Å²) in [5, 5.41) is 0. The van der Waals surface area contributed by atoms with E-state index in [4.69, 9.17) is 33.2 Å². The zero-order valence-electron chi connectivity index (χ0n) is 20.8. The lowest BCUT2D eigenvalue weighted by Gasteiger charge is -2.27. The van der Waals surface area contributed by atoms with Crippen LogP contribution in [0.25, 0.3) is 0 Å². The number of fused-ring (bicyclic) bond motifs is 1. The normalized spacial score (nSPS) is 13.5. The molecule has 1 heterocycles. The van der Waals surface area contributed by atoms with Crippen molar-refractivity contribution in [3.05, 3.63) is 41.5 Å². The number of rotatable bonds is 12. The van der Waals surface area contributed by atoms with Gasteiger partial charge >= 0.3 is 11.9 Å². The zero-order valence-corrected chi connectivity index (χ0v) is 20.8. The second kappa shape index (κ2) is 12.2. The summed E-state index contributed by atoms with van der Waals surface area (Å²) in [6.07, 6.45) is 1.08. The van der Waals surface area contributed by atoms with Gasteiger partial charge in [-0.05, 0) is 48.2 Å². The molecule has 0 amide bonds. The van der Waals surface area contributed by atoms with Crippen LogP contribution in [0.15, 0.2) is 30.3 Å². The van der Waals surface area contributed by atoms with Crippen LogP contribution in [0.4, 0.5) is 0 Å². The Morgan fingerprint density at radius 2 is 1.31 bits per heavy atom. The summed E-state index contributed by atoms with van der Waals surface area (Å²) in [5.74, 6) is 1.83. The Bertz CT molecular complexity index is 1010. The van der Waals surface area contributed by atoms with Crippen molar-refractivity contribution in [2.24, 2.45) is 11.8 Å². The van der Waals surface area contributed by atoms with Crippen LogP contribution in [0.2, 0.25) is 0 Å². The fraction of sp³-hybridized carbons (Fsp3) is 0.462. The molecule has 0 fully saturated rings. The first-order valence-corrected chi connectivity index (χ1v) is 11.3. The molecule has 35 heavy (non-hydrogen) atoms. The molecule has 0 N–H and O–H groups in total. The molecule has 0 aromatic heterocycles. The van der Waals surface area contributed by atoms with Gasteiger partial charge in [0.05, 0.1) is 34.5 Å². The van der Waals surface area contributed by atoms with E-state index in [1.54, 1.807) is 21.3 Å². The fourth-order valence-electron chi connectivity index (χ4n) is 4.10. The summed E-state index contributed by atoms with van der Waals surface area (Å²) < 4.78 is 38.2. The third-order valence-electron chi connectivity index (χ3n) is 5.83. The maximum atomic E-state index is 11.7. The first kappa shape index (κ1) is 26.0. The highest BCUT2D eigenvalue weighted by Gasteiger charge is 2.27. The van der Waals surface area contributed by atoms with Crippen molar-refractivity contribution < 1.29 is 42.7 Å². The number of methoxy groups -OCH3 is 3. The third-order valence-corrected chi connectivity index (χ3v) is 5.83. The van der Waals surface area contributed by atoms with E-state index < -0.39 is 0 Å². The Morgan fingerprint density at radius 1 is 0.771 bits per heavy atom. The van der Waals surface area contributed by atoms with Crippen LogP contribution in [-0.4, -0.2) is 53.3 Å². The van der Waals surface area contributed by atoms with Gasteiger partial charge in [0, 0.05) is 25.7 Å². The van der Waals surface area contributed by atoms with E-state index in [1.807, 2.05) is 30.3 Å². The van der Waals surface area contributed by atoms with Crippen molar-refractivity contribution in [1.29, 1.82) is 0 Å². The van der Waals surface area contributed by atoms with Crippen LogP contribution >= 0.6 is 0 Å². The minimum Gasteiger partial charge on any atom is -0.493 e. The quantitative estimate of drug-likeness (QED) is 0.415. The maximum absolute atomic E-state index is 11.7. The van der Waals surface area contributed by atoms with Gasteiger partial charge in [-0.2, -0.15) is 0 Å². The lowest BCUT2D eigenvalue weighted by Crippen LogP contribution is -2.29. The molecule has 0 aliphatic carbocycles. The topological polar surface area (TPSA) is 98.8 Å². The maximum Gasteiger partial charge on any atom is 0.302 e. The number of hydrogen-bond donors (Lipinski definition) is 0. The van der Waals surface area contributed by atoms with Gasteiger partial charge in [0.15, 0.2) is 23.0 Å². The van der Waals surface area contributed by atoms with E-state index in [0.29, 0.717) is 41.6 Å². The van der Waals surface area contributed by atoms with Crippen molar-refractivity contribution >= 4 is 11.9 Å². The van der Waals surface area contributed by atoms with Crippen LogP contribution in [0, 0.1) is 11.8 Å². The van der Waals surface area contributed by atoms with Gasteiger partial charge in [-0.25, -0.2) is 0 Å². The fourth-order valence-corrected chi connectivity index (χ4v) is 4.10. The molecule has 2 atom stereocenters. The summed E-state index contributed by atoms with van der Waals surface area (Å²) in [7, 11) is 4.66. The monoisotopic (exact) mass is 488 g/mol. The van der Waals surface area contributed by atoms with Crippen molar-refractivity contribution in [1.82, 2.24) is 0 Å². The smallest absolute Gasteiger partial charge is 0.302 e. The van der Waals surface area contributed by atoms with Crippen LogP contribution in [-0.2, 0) is 31.9 Å². The third kappa shape index (κ3) is 6.94. The second-order valence-electron chi connectivity index (χ2n) is 8.25. The van der Waals surface area contributed by atoms with E-state index >= 15 is 0 Å². The lowest BCUT2D eigenvalue weighted by atomic mass is 9.83. The molecule has 9 heteroatoms. The first-order chi connectivity index (χ1) is 16.8. The molecule has 0 saturated heterocycles. The highest BCUT2D eigenvalue weighted by molar-refractivity contribution is 5.66. The Hall–Kier alpha value is -3.62. The SMILES string of the molecule is COc1cc(C[C@@H](COC(C)=O)[C@H](COC(C)=O)Cc2ccc3c(c2)OCO3)cc(OC)c1OC. The molecule has 0 spiro atoms. The van der Waals surface area contributed by atoms with Gasteiger partial charge < -0.3 is 33.2 Å². The number of carbonyl (C=O) groups excluding carboxylic acids is 2. The number of hydrogen-bond acceptors (Lipinski definition) is 9. The van der Waals surface area contributed by atoms with Gasteiger partial charge in [-0.1, -0.05) is 6.07 Å². The van der Waals surface area contributed by atoms with Crippen LogP contribution in [0.3, 0.4) is 0 Å². The number of benzene rings is 2. The van der Waals surface area contributed by atoms with E-state index in [1.165, 1.54) is 13.8 Å². The van der Waals surface area contributed by atoms with E-state index in [9.17, 15) is 9.59 Å². The number of ether oxygens (including phenoxy) is 7. The summed E-state index contributed by atoms with van der Waals surface area (Å²) >= 11 is 0. The standard InChI is InChI=1S/C26H32O9/c1-16(27)32-13-20(8-18-6-7-22-23(10-18)35-15-34-22)21(14-33-17(2)28)9-19-11-24(29-3)26(31-5)25(12-19)30-4/h6-7,10-12,20-21H,8-9,13-15H2,1-5H3/t20-,21-/m0/s1. The van der Waals surface area contributed by atoms with E-state index in [0.717, 1.165) is 11.1 Å². The molecular formula is C26H32O9. The predicted molar refractivity (Wildman–Crippen MR) is 126 cm³/mol. The minimum atomic E-state index is -0.380. The zero-order chi connectivity index (χ0) is 25.4. The summed E-state index contributed by atoms with van der Waals surface area (Å²) in [6.45, 7) is 3.25. The van der Waals surface area contributed by atoms with Gasteiger partial charge in [0.1, 0.15) is 0 Å². The van der Waals surface area contributed by atoms with E-state index in [-0.39, 0.29) is 43.8 Å². The molecule has 0 bridgehead atoms. The second-order valence-corrected chi connectivity index (χ2v) is 8.25. The number of carbonyl (C=O) groups is 2. The van der Waals surface area contributed by atoms with Crippen LogP contribution in [0.5, 0.6) is 28.7 Å². The van der Waals surface area contributed by atoms with Crippen LogP contribution < -0.4 is 23.7 Å².